The van der Waals surface area contributed by atoms with E-state index in [1.165, 1.54) is 5.56 Å². The molecule has 3 rings (SSSR count). The standard InChI is InChI=1S/C18H16FN5O3S/c1-2-11-3-5-12(6-4-11)17-21-18(23-22-17)28-10-16(25)20-15-9-13(24(26)27)7-8-14(15)19/h3-9H,2,10H2,1H3,(H,20,25)(H,21,22,23). The van der Waals surface area contributed by atoms with Crippen LogP contribution >= 0.6 is 11.8 Å². The number of hydrogen-bond donors (Lipinski definition) is 2. The number of nitro groups is 1. The van der Waals surface area contributed by atoms with Gasteiger partial charge in [0.1, 0.15) is 5.82 Å². The minimum Gasteiger partial charge on any atom is -0.323 e. The Morgan fingerprint density at radius 3 is 2.71 bits per heavy atom. The molecule has 1 heterocycles. The van der Waals surface area contributed by atoms with Crippen LogP contribution in [0.1, 0.15) is 12.5 Å². The van der Waals surface area contributed by atoms with Crippen LogP contribution in [0.2, 0.25) is 0 Å². The molecule has 1 aromatic heterocycles. The number of halogens is 1. The lowest BCUT2D eigenvalue weighted by molar-refractivity contribution is -0.384. The normalized spacial score (nSPS) is 10.6. The number of non-ortho nitro benzene ring substituents is 1. The lowest BCUT2D eigenvalue weighted by Crippen LogP contribution is -2.15. The van der Waals surface area contributed by atoms with Crippen LogP contribution in [0, 0.1) is 15.9 Å². The molecule has 0 unspecified atom stereocenters. The van der Waals surface area contributed by atoms with Crippen molar-refractivity contribution in [3.05, 3.63) is 64.0 Å². The Morgan fingerprint density at radius 2 is 2.04 bits per heavy atom. The van der Waals surface area contributed by atoms with Crippen molar-refractivity contribution in [2.24, 2.45) is 0 Å². The molecular weight excluding hydrogens is 385 g/mol. The first kappa shape index (κ1) is 19.5. The average Bonchev–Trinajstić information content (AvgIpc) is 3.17. The van der Waals surface area contributed by atoms with E-state index >= 15 is 0 Å². The highest BCUT2D eigenvalue weighted by atomic mass is 32.2. The number of benzene rings is 2. The molecule has 0 bridgehead atoms. The van der Waals surface area contributed by atoms with E-state index < -0.39 is 16.6 Å². The molecule has 1 amide bonds. The van der Waals surface area contributed by atoms with Gasteiger partial charge in [-0.25, -0.2) is 9.37 Å². The van der Waals surface area contributed by atoms with E-state index in [-0.39, 0.29) is 17.1 Å². The van der Waals surface area contributed by atoms with Gasteiger partial charge in [-0.05, 0) is 18.1 Å². The molecule has 0 fully saturated rings. The predicted octanol–water partition coefficient (Wildman–Crippen LogP) is 3.81. The molecule has 0 radical (unpaired) electrons. The van der Waals surface area contributed by atoms with Crippen LogP contribution in [-0.4, -0.2) is 31.8 Å². The molecule has 0 saturated carbocycles. The Kier molecular flexibility index (Phi) is 5.99. The third-order valence-corrected chi connectivity index (χ3v) is 4.72. The van der Waals surface area contributed by atoms with Gasteiger partial charge in [0.2, 0.25) is 11.1 Å². The largest absolute Gasteiger partial charge is 0.323 e. The first-order valence-corrected chi connectivity index (χ1v) is 9.33. The van der Waals surface area contributed by atoms with E-state index in [4.69, 9.17) is 0 Å². The van der Waals surface area contributed by atoms with Crippen molar-refractivity contribution in [1.82, 2.24) is 15.2 Å². The lowest BCUT2D eigenvalue weighted by Gasteiger charge is -2.05. The molecule has 0 aliphatic rings. The molecule has 0 spiro atoms. The summed E-state index contributed by atoms with van der Waals surface area (Å²) in [6.45, 7) is 2.07. The maximum atomic E-state index is 13.7. The Hall–Kier alpha value is -3.27. The molecule has 28 heavy (non-hydrogen) atoms. The summed E-state index contributed by atoms with van der Waals surface area (Å²) in [5.41, 5.74) is 1.53. The second-order valence-corrected chi connectivity index (χ2v) is 6.72. The number of amides is 1. The van der Waals surface area contributed by atoms with E-state index in [2.05, 4.69) is 27.4 Å². The molecule has 0 aliphatic carbocycles. The van der Waals surface area contributed by atoms with E-state index in [9.17, 15) is 19.3 Å². The molecule has 0 aliphatic heterocycles. The summed E-state index contributed by atoms with van der Waals surface area (Å²) in [5.74, 6) is -0.772. The van der Waals surface area contributed by atoms with E-state index in [0.29, 0.717) is 11.0 Å². The number of nitro benzene ring substituents is 1. The number of thioether (sulfide) groups is 1. The van der Waals surface area contributed by atoms with Gasteiger partial charge in [0.25, 0.3) is 5.69 Å². The summed E-state index contributed by atoms with van der Waals surface area (Å²) >= 11 is 1.07. The number of aryl methyl sites for hydroxylation is 1. The number of carbonyl (C=O) groups excluding carboxylic acids is 1. The van der Waals surface area contributed by atoms with Gasteiger partial charge in [0.15, 0.2) is 5.82 Å². The maximum absolute atomic E-state index is 13.7. The van der Waals surface area contributed by atoms with Crippen LogP contribution in [0.5, 0.6) is 0 Å². The fraction of sp³-hybridized carbons (Fsp3) is 0.167. The van der Waals surface area contributed by atoms with Crippen molar-refractivity contribution in [3.8, 4) is 11.4 Å². The number of aromatic amines is 1. The van der Waals surface area contributed by atoms with Gasteiger partial charge < -0.3 is 5.32 Å². The molecule has 2 aromatic carbocycles. The zero-order valence-corrected chi connectivity index (χ0v) is 15.6. The SMILES string of the molecule is CCc1ccc(-c2nc(SCC(=O)Nc3cc([N+](=O)[O-])ccc3F)n[nH]2)cc1. The Balaban J connectivity index is 1.60. The Bertz CT molecular complexity index is 1010. The number of hydrogen-bond acceptors (Lipinski definition) is 6. The van der Waals surface area contributed by atoms with Crippen LogP contribution in [0.4, 0.5) is 15.8 Å². The molecule has 144 valence electrons. The molecule has 0 atom stereocenters. The van der Waals surface area contributed by atoms with Crippen molar-refractivity contribution >= 4 is 29.0 Å². The van der Waals surface area contributed by atoms with E-state index in [0.717, 1.165) is 41.9 Å². The first-order valence-electron chi connectivity index (χ1n) is 8.34. The maximum Gasteiger partial charge on any atom is 0.271 e. The predicted molar refractivity (Wildman–Crippen MR) is 104 cm³/mol. The van der Waals surface area contributed by atoms with Gasteiger partial charge in [-0.15, -0.1) is 5.10 Å². The van der Waals surface area contributed by atoms with Crippen LogP contribution in [0.3, 0.4) is 0 Å². The van der Waals surface area contributed by atoms with Crippen LogP contribution in [0.15, 0.2) is 47.6 Å². The summed E-state index contributed by atoms with van der Waals surface area (Å²) in [6, 6.07) is 10.8. The number of nitrogens with zero attached hydrogens (tertiary/aromatic N) is 3. The molecule has 3 aromatic rings. The van der Waals surface area contributed by atoms with Crippen molar-refractivity contribution < 1.29 is 14.1 Å². The molecule has 2 N–H and O–H groups in total. The summed E-state index contributed by atoms with van der Waals surface area (Å²) in [7, 11) is 0. The number of rotatable bonds is 7. The molecule has 0 saturated heterocycles. The van der Waals surface area contributed by atoms with Gasteiger partial charge in [0.05, 0.1) is 16.4 Å². The zero-order valence-electron chi connectivity index (χ0n) is 14.8. The fourth-order valence-electron chi connectivity index (χ4n) is 2.38. The summed E-state index contributed by atoms with van der Waals surface area (Å²) in [5, 5.41) is 20.3. The van der Waals surface area contributed by atoms with Crippen LogP contribution in [0.25, 0.3) is 11.4 Å². The van der Waals surface area contributed by atoms with E-state index in [1.807, 2.05) is 24.3 Å². The van der Waals surface area contributed by atoms with Gasteiger partial charge in [-0.2, -0.15) is 0 Å². The Labute approximate surface area is 163 Å². The van der Waals surface area contributed by atoms with E-state index in [1.54, 1.807) is 0 Å². The summed E-state index contributed by atoms with van der Waals surface area (Å²) in [4.78, 5) is 26.5. The second kappa shape index (κ2) is 8.61. The smallest absolute Gasteiger partial charge is 0.271 e. The van der Waals surface area contributed by atoms with Crippen molar-refractivity contribution in [3.63, 3.8) is 0 Å². The number of H-pyrrole nitrogens is 1. The van der Waals surface area contributed by atoms with Gasteiger partial charge in [0, 0.05) is 17.7 Å². The minimum atomic E-state index is -0.750. The van der Waals surface area contributed by atoms with Crippen LogP contribution in [-0.2, 0) is 11.2 Å². The highest BCUT2D eigenvalue weighted by Gasteiger charge is 2.14. The summed E-state index contributed by atoms with van der Waals surface area (Å²) in [6.07, 6.45) is 0.943. The number of carbonyl (C=O) groups is 1. The number of nitrogens with one attached hydrogen (secondary N) is 2. The highest BCUT2D eigenvalue weighted by molar-refractivity contribution is 7.99. The third-order valence-electron chi connectivity index (χ3n) is 3.87. The Morgan fingerprint density at radius 1 is 1.29 bits per heavy atom. The quantitative estimate of drug-likeness (QED) is 0.353. The van der Waals surface area contributed by atoms with Crippen molar-refractivity contribution in [2.45, 2.75) is 18.5 Å². The third kappa shape index (κ3) is 4.71. The van der Waals surface area contributed by atoms with Gasteiger partial charge in [-0.3, -0.25) is 20.0 Å². The topological polar surface area (TPSA) is 114 Å². The average molecular weight is 401 g/mol. The first-order chi connectivity index (χ1) is 13.5. The van der Waals surface area contributed by atoms with Gasteiger partial charge >= 0.3 is 0 Å². The van der Waals surface area contributed by atoms with Gasteiger partial charge in [-0.1, -0.05) is 43.0 Å². The molecular formula is C18H16FN5O3S. The van der Waals surface area contributed by atoms with Crippen molar-refractivity contribution in [1.29, 1.82) is 0 Å². The van der Waals surface area contributed by atoms with Crippen molar-refractivity contribution in [2.75, 3.05) is 11.1 Å². The number of aromatic nitrogens is 3. The lowest BCUT2D eigenvalue weighted by atomic mass is 10.1. The highest BCUT2D eigenvalue weighted by Crippen LogP contribution is 2.23. The second-order valence-electron chi connectivity index (χ2n) is 5.78. The zero-order chi connectivity index (χ0) is 20.1. The molecule has 10 heteroatoms. The summed E-state index contributed by atoms with van der Waals surface area (Å²) < 4.78 is 13.7. The monoisotopic (exact) mass is 401 g/mol. The van der Waals surface area contributed by atoms with Crippen LogP contribution < -0.4 is 5.32 Å². The number of anilines is 1. The minimum absolute atomic E-state index is 0.0752. The molecule has 8 nitrogen and oxygen atoms in total. The fourth-order valence-corrected chi connectivity index (χ4v) is 2.98.